The van der Waals surface area contributed by atoms with Crippen LogP contribution in [0.2, 0.25) is 0 Å². The SMILES string of the molecule is NS(=O)(=O)c1ccc(CNC(=O)c2ccnc(NC3CC3)c2)cc1. The Hall–Kier alpha value is -2.45. The molecule has 1 aromatic heterocycles. The molecule has 0 saturated heterocycles. The maximum Gasteiger partial charge on any atom is 0.251 e. The van der Waals surface area contributed by atoms with Gasteiger partial charge in [-0.2, -0.15) is 0 Å². The molecule has 1 aliphatic rings. The third-order valence-corrected chi connectivity index (χ3v) is 4.59. The Labute approximate surface area is 140 Å². The summed E-state index contributed by atoms with van der Waals surface area (Å²) in [6.45, 7) is 0.289. The maximum absolute atomic E-state index is 12.2. The molecule has 1 aromatic carbocycles. The second kappa shape index (κ2) is 6.58. The zero-order valence-electron chi connectivity index (χ0n) is 12.9. The molecule has 1 saturated carbocycles. The lowest BCUT2D eigenvalue weighted by Gasteiger charge is -2.08. The molecule has 2 aromatic rings. The van der Waals surface area contributed by atoms with Crippen molar-refractivity contribution in [3.63, 3.8) is 0 Å². The first-order valence-electron chi connectivity index (χ1n) is 7.54. The Morgan fingerprint density at radius 3 is 2.54 bits per heavy atom. The minimum atomic E-state index is -3.70. The highest BCUT2D eigenvalue weighted by molar-refractivity contribution is 7.89. The van der Waals surface area contributed by atoms with Gasteiger partial charge in [-0.15, -0.1) is 0 Å². The Morgan fingerprint density at radius 1 is 1.21 bits per heavy atom. The van der Waals surface area contributed by atoms with Gasteiger partial charge < -0.3 is 10.6 Å². The number of nitrogens with two attached hydrogens (primary N) is 1. The number of rotatable bonds is 6. The van der Waals surface area contributed by atoms with Crippen molar-refractivity contribution in [2.75, 3.05) is 5.32 Å². The van der Waals surface area contributed by atoms with Crippen LogP contribution in [-0.4, -0.2) is 25.4 Å². The number of nitrogens with zero attached hydrogens (tertiary/aromatic N) is 1. The number of anilines is 1. The zero-order valence-corrected chi connectivity index (χ0v) is 13.7. The lowest BCUT2D eigenvalue weighted by Crippen LogP contribution is -2.23. The van der Waals surface area contributed by atoms with Crippen LogP contribution in [0.4, 0.5) is 5.82 Å². The van der Waals surface area contributed by atoms with Crippen LogP contribution in [0.5, 0.6) is 0 Å². The molecule has 1 amide bonds. The van der Waals surface area contributed by atoms with Crippen LogP contribution in [-0.2, 0) is 16.6 Å². The van der Waals surface area contributed by atoms with E-state index >= 15 is 0 Å². The standard InChI is InChI=1S/C16H18N4O3S/c17-24(22,23)14-5-1-11(2-6-14)10-19-16(21)12-7-8-18-15(9-12)20-13-3-4-13/h1-2,5-9,13H,3-4,10H2,(H,18,20)(H,19,21)(H2,17,22,23). The number of nitrogens with one attached hydrogen (secondary N) is 2. The van der Waals surface area contributed by atoms with Crippen molar-refractivity contribution in [1.29, 1.82) is 0 Å². The molecule has 1 heterocycles. The Balaban J connectivity index is 1.60. The second-order valence-electron chi connectivity index (χ2n) is 5.72. The van der Waals surface area contributed by atoms with E-state index in [0.717, 1.165) is 18.4 Å². The average molecular weight is 346 g/mol. The van der Waals surface area contributed by atoms with Gasteiger partial charge in [0.1, 0.15) is 5.82 Å². The van der Waals surface area contributed by atoms with E-state index in [1.165, 1.54) is 12.1 Å². The van der Waals surface area contributed by atoms with E-state index in [2.05, 4.69) is 15.6 Å². The molecule has 3 rings (SSSR count). The third kappa shape index (κ3) is 4.30. The van der Waals surface area contributed by atoms with Crippen molar-refractivity contribution < 1.29 is 13.2 Å². The Bertz CT molecular complexity index is 846. The quantitative estimate of drug-likeness (QED) is 0.728. The zero-order chi connectivity index (χ0) is 17.2. The van der Waals surface area contributed by atoms with Crippen molar-refractivity contribution in [1.82, 2.24) is 10.3 Å². The van der Waals surface area contributed by atoms with Gasteiger partial charge in [-0.1, -0.05) is 12.1 Å². The lowest BCUT2D eigenvalue weighted by atomic mass is 10.2. The van der Waals surface area contributed by atoms with E-state index in [1.807, 2.05) is 0 Å². The smallest absolute Gasteiger partial charge is 0.251 e. The summed E-state index contributed by atoms with van der Waals surface area (Å²) < 4.78 is 22.4. The number of carbonyl (C=O) groups excluding carboxylic acids is 1. The van der Waals surface area contributed by atoms with Crippen LogP contribution in [0.1, 0.15) is 28.8 Å². The molecule has 4 N–H and O–H groups in total. The highest BCUT2D eigenvalue weighted by atomic mass is 32.2. The van der Waals surface area contributed by atoms with Crippen molar-refractivity contribution in [3.8, 4) is 0 Å². The number of hydrogen-bond donors (Lipinski definition) is 3. The van der Waals surface area contributed by atoms with Gasteiger partial charge in [-0.3, -0.25) is 4.79 Å². The van der Waals surface area contributed by atoms with Crippen molar-refractivity contribution in [2.45, 2.75) is 30.3 Å². The van der Waals surface area contributed by atoms with E-state index in [-0.39, 0.29) is 17.3 Å². The number of amides is 1. The van der Waals surface area contributed by atoms with Crippen LogP contribution in [0.3, 0.4) is 0 Å². The summed E-state index contributed by atoms with van der Waals surface area (Å²) in [7, 11) is -3.70. The highest BCUT2D eigenvalue weighted by Crippen LogP contribution is 2.23. The predicted molar refractivity (Wildman–Crippen MR) is 89.9 cm³/mol. The fraction of sp³-hybridized carbons (Fsp3) is 0.250. The fourth-order valence-corrected chi connectivity index (χ4v) is 2.68. The van der Waals surface area contributed by atoms with E-state index in [4.69, 9.17) is 5.14 Å². The molecule has 0 spiro atoms. The first-order valence-corrected chi connectivity index (χ1v) is 9.09. The summed E-state index contributed by atoms with van der Waals surface area (Å²) >= 11 is 0. The Kier molecular flexibility index (Phi) is 4.50. The second-order valence-corrected chi connectivity index (χ2v) is 7.28. The van der Waals surface area contributed by atoms with Gasteiger partial charge in [-0.05, 0) is 42.7 Å². The molecule has 1 aliphatic carbocycles. The number of benzene rings is 1. The van der Waals surface area contributed by atoms with Crippen LogP contribution >= 0.6 is 0 Å². The molecule has 126 valence electrons. The summed E-state index contributed by atoms with van der Waals surface area (Å²) in [6.07, 6.45) is 3.86. The normalized spacial score (nSPS) is 14.2. The molecule has 24 heavy (non-hydrogen) atoms. The molecule has 1 fully saturated rings. The minimum absolute atomic E-state index is 0.0440. The van der Waals surface area contributed by atoms with Crippen LogP contribution in [0, 0.1) is 0 Å². The van der Waals surface area contributed by atoms with E-state index in [1.54, 1.807) is 30.5 Å². The molecular formula is C16H18N4O3S. The molecule has 8 heteroatoms. The van der Waals surface area contributed by atoms with Crippen molar-refractivity contribution >= 4 is 21.7 Å². The molecule has 0 atom stereocenters. The molecule has 0 radical (unpaired) electrons. The summed E-state index contributed by atoms with van der Waals surface area (Å²) in [6, 6.07) is 9.91. The summed E-state index contributed by atoms with van der Waals surface area (Å²) in [5, 5.41) is 11.1. The monoisotopic (exact) mass is 346 g/mol. The maximum atomic E-state index is 12.2. The summed E-state index contributed by atoms with van der Waals surface area (Å²) in [4.78, 5) is 16.5. The van der Waals surface area contributed by atoms with Gasteiger partial charge in [0.05, 0.1) is 4.90 Å². The Morgan fingerprint density at radius 2 is 1.92 bits per heavy atom. The predicted octanol–water partition coefficient (Wildman–Crippen LogP) is 1.23. The van der Waals surface area contributed by atoms with Gasteiger partial charge >= 0.3 is 0 Å². The van der Waals surface area contributed by atoms with Gasteiger partial charge in [0.15, 0.2) is 0 Å². The average Bonchev–Trinajstić information content (AvgIpc) is 3.36. The summed E-state index contributed by atoms with van der Waals surface area (Å²) in [5.41, 5.74) is 1.30. The molecule has 0 bridgehead atoms. The van der Waals surface area contributed by atoms with Gasteiger partial charge in [-0.25, -0.2) is 18.5 Å². The van der Waals surface area contributed by atoms with E-state index in [9.17, 15) is 13.2 Å². The number of carbonyl (C=O) groups is 1. The van der Waals surface area contributed by atoms with Crippen molar-refractivity contribution in [3.05, 3.63) is 53.7 Å². The van der Waals surface area contributed by atoms with Crippen LogP contribution < -0.4 is 15.8 Å². The number of aromatic nitrogens is 1. The van der Waals surface area contributed by atoms with Gasteiger partial charge in [0.25, 0.3) is 5.91 Å². The van der Waals surface area contributed by atoms with Crippen LogP contribution in [0.15, 0.2) is 47.5 Å². The minimum Gasteiger partial charge on any atom is -0.367 e. The highest BCUT2D eigenvalue weighted by Gasteiger charge is 2.21. The third-order valence-electron chi connectivity index (χ3n) is 3.66. The molecule has 0 aliphatic heterocycles. The number of primary sulfonamides is 1. The first kappa shape index (κ1) is 16.4. The topological polar surface area (TPSA) is 114 Å². The molecule has 7 nitrogen and oxygen atoms in total. The lowest BCUT2D eigenvalue weighted by molar-refractivity contribution is 0.0951. The fourth-order valence-electron chi connectivity index (χ4n) is 2.17. The number of pyridine rings is 1. The number of sulfonamides is 1. The molecule has 0 unspecified atom stereocenters. The largest absolute Gasteiger partial charge is 0.367 e. The molecular weight excluding hydrogens is 328 g/mol. The van der Waals surface area contributed by atoms with E-state index in [0.29, 0.717) is 17.4 Å². The van der Waals surface area contributed by atoms with Gasteiger partial charge in [0, 0.05) is 24.3 Å². The van der Waals surface area contributed by atoms with Crippen molar-refractivity contribution in [2.24, 2.45) is 5.14 Å². The summed E-state index contributed by atoms with van der Waals surface area (Å²) in [5.74, 6) is 0.481. The van der Waals surface area contributed by atoms with E-state index < -0.39 is 10.0 Å². The van der Waals surface area contributed by atoms with Gasteiger partial charge in [0.2, 0.25) is 10.0 Å². The van der Waals surface area contributed by atoms with Crippen LogP contribution in [0.25, 0.3) is 0 Å². The number of hydrogen-bond acceptors (Lipinski definition) is 5. The first-order chi connectivity index (χ1) is 11.4.